The van der Waals surface area contributed by atoms with Gasteiger partial charge in [0, 0.05) is 72.3 Å². The van der Waals surface area contributed by atoms with Gasteiger partial charge < -0.3 is 97.9 Å². The monoisotopic (exact) mass is 1120 g/mol. The zero-order valence-electron chi connectivity index (χ0n) is 46.6. The summed E-state index contributed by atoms with van der Waals surface area (Å²) in [5.74, 6) is -2.79. The number of carbonyl (C=O) groups is 6. The molecule has 454 valence electrons. The van der Waals surface area contributed by atoms with E-state index in [9.17, 15) is 28.8 Å². The summed E-state index contributed by atoms with van der Waals surface area (Å²) in [5, 5.41) is 64.3. The second kappa shape index (κ2) is 54.1. The Bertz CT molecular complexity index is 1450. The third kappa shape index (κ3) is 44.6. The number of rotatable bonds is 45. The molecule has 0 radical (unpaired) electrons. The number of ether oxygens (including phenoxy) is 12. The fourth-order valence-corrected chi connectivity index (χ4v) is 5.54. The summed E-state index contributed by atoms with van der Waals surface area (Å²) >= 11 is 0. The van der Waals surface area contributed by atoms with Crippen LogP contribution in [-0.4, -0.2) is 246 Å². The minimum atomic E-state index is -0.945. The van der Waals surface area contributed by atoms with Crippen LogP contribution in [0.5, 0.6) is 0 Å². The molecule has 1 heterocycles. The van der Waals surface area contributed by atoms with Crippen molar-refractivity contribution in [3.05, 3.63) is 12.2 Å². The van der Waals surface area contributed by atoms with E-state index in [0.29, 0.717) is 65.1 Å². The minimum Gasteiger partial charge on any atom is -0.481 e. The number of methoxy groups -OCH3 is 3. The lowest BCUT2D eigenvalue weighted by atomic mass is 10.2. The maximum absolute atomic E-state index is 11.8. The number of nitrogens with one attached hydrogen (secondary N) is 1. The highest BCUT2D eigenvalue weighted by Crippen LogP contribution is 2.09. The number of imide groups is 1. The molecule has 0 saturated carbocycles. The average molecular weight is 1120 g/mol. The van der Waals surface area contributed by atoms with E-state index in [1.54, 1.807) is 0 Å². The standard InChI is InChI=1S/C22H36N2O10.C12H22O7.C9H20O4.C7H16O4/c1-3-17(15-25)34-22(30-2)16-33-21(29)6-4-5-18(26)23-9-11-31-13-14-32-12-10-24-19(27)7-8-20(24)28;1-3-9(7-13)19-12(17-2)8-18-11(16)6-4-5-10(14)15;1-3-5-12-9(7-11)13-8(4-2)6-10;1-3-6(4-8)11-7(5-9)10-2/h7-8,17,22,25H,3-6,9-16H2,1-2H3,(H,23,26);9,12-13H,3-8H2,1-2H3,(H,14,15);8-11H,3-7H2,1-2H3;6-9H,3-5H2,1-2H3. The van der Waals surface area contributed by atoms with Gasteiger partial charge in [-0.15, -0.1) is 0 Å². The number of nitrogens with zero attached hydrogens (tertiary/aromatic N) is 1. The van der Waals surface area contributed by atoms with Crippen LogP contribution in [0.1, 0.15) is 105 Å². The van der Waals surface area contributed by atoms with Crippen LogP contribution in [0.3, 0.4) is 0 Å². The molecule has 8 N–H and O–H groups in total. The highest BCUT2D eigenvalue weighted by molar-refractivity contribution is 6.12. The summed E-state index contributed by atoms with van der Waals surface area (Å²) in [4.78, 5) is 69.0. The lowest BCUT2D eigenvalue weighted by molar-refractivity contribution is -0.194. The van der Waals surface area contributed by atoms with E-state index < -0.39 is 43.1 Å². The van der Waals surface area contributed by atoms with E-state index >= 15 is 0 Å². The van der Waals surface area contributed by atoms with Gasteiger partial charge in [-0.3, -0.25) is 33.7 Å². The summed E-state index contributed by atoms with van der Waals surface area (Å²) in [5.41, 5.74) is 0. The van der Waals surface area contributed by atoms with Gasteiger partial charge in [0.25, 0.3) is 11.8 Å². The predicted molar refractivity (Wildman–Crippen MR) is 273 cm³/mol. The highest BCUT2D eigenvalue weighted by Gasteiger charge is 2.23. The van der Waals surface area contributed by atoms with Crippen LogP contribution in [0.25, 0.3) is 0 Å². The van der Waals surface area contributed by atoms with Crippen molar-refractivity contribution in [2.24, 2.45) is 0 Å². The molecule has 0 spiro atoms. The molecule has 1 aliphatic heterocycles. The van der Waals surface area contributed by atoms with Crippen LogP contribution >= 0.6 is 0 Å². The Morgan fingerprint density at radius 3 is 1.30 bits per heavy atom. The van der Waals surface area contributed by atoms with Gasteiger partial charge in [0.05, 0.1) is 97.0 Å². The van der Waals surface area contributed by atoms with E-state index in [0.717, 1.165) is 11.3 Å². The van der Waals surface area contributed by atoms with Crippen molar-refractivity contribution in [1.82, 2.24) is 10.2 Å². The number of aliphatic carboxylic acids is 1. The molecule has 8 unspecified atom stereocenters. The molecule has 0 aromatic rings. The quantitative estimate of drug-likeness (QED) is 0.0176. The normalized spacial score (nSPS) is 15.0. The Kier molecular flexibility index (Phi) is 54.3. The molecule has 1 rings (SSSR count). The maximum Gasteiger partial charge on any atom is 0.305 e. The fraction of sp³-hybridized carbons (Fsp3) is 0.840. The Hall–Kier alpha value is -3.88. The summed E-state index contributed by atoms with van der Waals surface area (Å²) in [6.07, 6.45) is 2.81. The maximum atomic E-state index is 11.8. The smallest absolute Gasteiger partial charge is 0.305 e. The zero-order valence-corrected chi connectivity index (χ0v) is 46.6. The van der Waals surface area contributed by atoms with Gasteiger partial charge in [0.15, 0.2) is 25.2 Å². The second-order valence-corrected chi connectivity index (χ2v) is 16.3. The van der Waals surface area contributed by atoms with Crippen molar-refractivity contribution < 1.29 is 121 Å². The van der Waals surface area contributed by atoms with Gasteiger partial charge in [-0.05, 0) is 44.9 Å². The number of hydrogen-bond acceptors (Lipinski definition) is 24. The Labute approximate surface area is 453 Å². The third-order valence-electron chi connectivity index (χ3n) is 10.2. The number of aliphatic hydroxyl groups is 6. The lowest BCUT2D eigenvalue weighted by Gasteiger charge is -2.21. The first-order valence-electron chi connectivity index (χ1n) is 26.0. The lowest BCUT2D eigenvalue weighted by Crippen LogP contribution is -2.33. The van der Waals surface area contributed by atoms with E-state index in [4.69, 9.17) is 92.6 Å². The molecular formula is C50H94N2O25. The van der Waals surface area contributed by atoms with Crippen LogP contribution in [-0.2, 0) is 85.6 Å². The van der Waals surface area contributed by atoms with Crippen molar-refractivity contribution in [2.45, 2.75) is 155 Å². The highest BCUT2D eigenvalue weighted by atomic mass is 16.7. The van der Waals surface area contributed by atoms with Crippen molar-refractivity contribution in [3.8, 4) is 0 Å². The number of aliphatic hydroxyl groups excluding tert-OH is 6. The van der Waals surface area contributed by atoms with Gasteiger partial charge in [0.2, 0.25) is 5.91 Å². The number of carbonyl (C=O) groups excluding carboxylic acids is 5. The average Bonchev–Trinajstić information content (AvgIpc) is 3.76. The molecule has 0 bridgehead atoms. The third-order valence-corrected chi connectivity index (χ3v) is 10.2. The molecular weight excluding hydrogens is 1030 g/mol. The van der Waals surface area contributed by atoms with Crippen molar-refractivity contribution >= 4 is 35.6 Å². The van der Waals surface area contributed by atoms with E-state index in [2.05, 4.69) is 5.32 Å². The molecule has 0 saturated heterocycles. The Morgan fingerprint density at radius 1 is 0.519 bits per heavy atom. The van der Waals surface area contributed by atoms with Crippen LogP contribution < -0.4 is 5.32 Å². The number of esters is 2. The molecule has 27 heteroatoms. The van der Waals surface area contributed by atoms with E-state index in [1.807, 2.05) is 34.6 Å². The number of hydrogen-bond donors (Lipinski definition) is 8. The summed E-state index contributed by atoms with van der Waals surface area (Å²) < 4.78 is 61.8. The van der Waals surface area contributed by atoms with Crippen LogP contribution in [0.15, 0.2) is 12.2 Å². The summed E-state index contributed by atoms with van der Waals surface area (Å²) in [6.45, 7) is 10.8. The van der Waals surface area contributed by atoms with E-state index in [-0.39, 0.29) is 140 Å². The summed E-state index contributed by atoms with van der Waals surface area (Å²) in [7, 11) is 4.28. The predicted octanol–water partition coefficient (Wildman–Crippen LogP) is 0.336. The van der Waals surface area contributed by atoms with Crippen molar-refractivity contribution in [3.63, 3.8) is 0 Å². The largest absolute Gasteiger partial charge is 0.481 e. The summed E-state index contributed by atoms with van der Waals surface area (Å²) in [6, 6.07) is 0. The first kappa shape index (κ1) is 77.4. The molecule has 0 aromatic carbocycles. The fourth-order valence-electron chi connectivity index (χ4n) is 5.54. The van der Waals surface area contributed by atoms with Gasteiger partial charge in [-0.2, -0.15) is 0 Å². The van der Waals surface area contributed by atoms with E-state index in [1.165, 1.54) is 33.5 Å². The topological polar surface area (TPSA) is 370 Å². The first-order chi connectivity index (χ1) is 37.0. The molecule has 0 aromatic heterocycles. The van der Waals surface area contributed by atoms with Crippen LogP contribution in [0.4, 0.5) is 0 Å². The van der Waals surface area contributed by atoms with Gasteiger partial charge in [-0.1, -0.05) is 34.6 Å². The SMILES string of the molecule is CCC(CO)OC(CO)OC.CCC(CO)OC(COC(=O)CCCC(=O)NCCOCCOCCN1C(=O)C=CC1=O)OC.CCC(CO)OC(COC(=O)CCCC(=O)O)OC.CCCOC(CO)OC(CC)CO. The molecule has 77 heavy (non-hydrogen) atoms. The molecule has 27 nitrogen and oxygen atoms in total. The molecule has 0 aliphatic carbocycles. The number of carboxylic acid groups (broad SMARTS) is 1. The van der Waals surface area contributed by atoms with Gasteiger partial charge >= 0.3 is 17.9 Å². The minimum absolute atomic E-state index is 0.0392. The first-order valence-corrected chi connectivity index (χ1v) is 26.0. The van der Waals surface area contributed by atoms with Crippen LogP contribution in [0, 0.1) is 0 Å². The number of amides is 3. The van der Waals surface area contributed by atoms with Gasteiger partial charge in [0.1, 0.15) is 13.2 Å². The zero-order chi connectivity index (χ0) is 58.7. The van der Waals surface area contributed by atoms with Crippen molar-refractivity contribution in [2.75, 3.05) is 120 Å². The van der Waals surface area contributed by atoms with Gasteiger partial charge in [-0.25, -0.2) is 0 Å². The molecule has 3 amide bonds. The van der Waals surface area contributed by atoms with Crippen LogP contribution in [0.2, 0.25) is 0 Å². The molecule has 1 aliphatic rings. The van der Waals surface area contributed by atoms with Crippen molar-refractivity contribution in [1.29, 1.82) is 0 Å². The Morgan fingerprint density at radius 2 is 0.922 bits per heavy atom. The second-order valence-electron chi connectivity index (χ2n) is 16.3. The molecule has 0 fully saturated rings. The Balaban J connectivity index is -0.00000107. The molecule has 8 atom stereocenters. The number of carboxylic acids is 1.